The van der Waals surface area contributed by atoms with E-state index >= 15 is 0 Å². The number of ketones is 1. The van der Waals surface area contributed by atoms with Crippen LogP contribution in [0.2, 0.25) is 0 Å². The van der Waals surface area contributed by atoms with Crippen LogP contribution in [0.1, 0.15) is 33.6 Å². The molecule has 1 atom stereocenters. The van der Waals surface area contributed by atoms with Crippen LogP contribution in [0.25, 0.3) is 0 Å². The predicted octanol–water partition coefficient (Wildman–Crippen LogP) is 2.11. The van der Waals surface area contributed by atoms with Crippen LogP contribution in [0.5, 0.6) is 0 Å². The van der Waals surface area contributed by atoms with Crippen molar-refractivity contribution in [1.29, 1.82) is 0 Å². The van der Waals surface area contributed by atoms with Crippen molar-refractivity contribution in [2.75, 3.05) is 6.61 Å². The van der Waals surface area contributed by atoms with Crippen molar-refractivity contribution in [2.24, 2.45) is 5.92 Å². The van der Waals surface area contributed by atoms with E-state index in [-0.39, 0.29) is 5.78 Å². The topological polar surface area (TPSA) is 43.4 Å². The summed E-state index contributed by atoms with van der Waals surface area (Å²) in [6, 6.07) is 0. The van der Waals surface area contributed by atoms with E-state index in [1.807, 2.05) is 19.1 Å². The van der Waals surface area contributed by atoms with Gasteiger partial charge in [0.15, 0.2) is 0 Å². The molecule has 0 aromatic carbocycles. The first-order chi connectivity index (χ1) is 6.59. The van der Waals surface area contributed by atoms with Crippen molar-refractivity contribution in [3.05, 3.63) is 12.2 Å². The van der Waals surface area contributed by atoms with Crippen LogP contribution in [0.4, 0.5) is 0 Å². The van der Waals surface area contributed by atoms with E-state index in [4.69, 9.17) is 4.74 Å². The minimum atomic E-state index is -0.634. The first kappa shape index (κ1) is 12.9. The lowest BCUT2D eigenvalue weighted by Crippen LogP contribution is -2.21. The summed E-state index contributed by atoms with van der Waals surface area (Å²) < 4.78 is 4.90. The zero-order valence-corrected chi connectivity index (χ0v) is 9.08. The predicted molar refractivity (Wildman–Crippen MR) is 54.9 cm³/mol. The lowest BCUT2D eigenvalue weighted by atomic mass is 10.1. The van der Waals surface area contributed by atoms with Gasteiger partial charge in [0, 0.05) is 0 Å². The van der Waals surface area contributed by atoms with Gasteiger partial charge in [-0.1, -0.05) is 19.1 Å². The van der Waals surface area contributed by atoms with Crippen LogP contribution >= 0.6 is 0 Å². The number of hydrogen-bond acceptors (Lipinski definition) is 3. The molecule has 0 N–H and O–H groups in total. The Morgan fingerprint density at radius 2 is 2.00 bits per heavy atom. The van der Waals surface area contributed by atoms with E-state index in [9.17, 15) is 9.59 Å². The monoisotopic (exact) mass is 198 g/mol. The molecule has 0 aliphatic heterocycles. The second-order valence-electron chi connectivity index (χ2n) is 3.17. The first-order valence-electron chi connectivity index (χ1n) is 4.91. The van der Waals surface area contributed by atoms with Crippen molar-refractivity contribution < 1.29 is 14.3 Å². The molecule has 0 heterocycles. The SMILES string of the molecule is CC/C=C\CCOC(=O)C(C)C(C)=O. The summed E-state index contributed by atoms with van der Waals surface area (Å²) in [4.78, 5) is 22.0. The number of rotatable bonds is 6. The molecule has 0 aromatic rings. The van der Waals surface area contributed by atoms with Gasteiger partial charge in [0.2, 0.25) is 0 Å². The van der Waals surface area contributed by atoms with E-state index in [1.54, 1.807) is 6.92 Å². The van der Waals surface area contributed by atoms with Crippen molar-refractivity contribution in [3.8, 4) is 0 Å². The minimum absolute atomic E-state index is 0.154. The third-order valence-corrected chi connectivity index (χ3v) is 1.89. The molecule has 0 aliphatic rings. The number of hydrogen-bond donors (Lipinski definition) is 0. The number of esters is 1. The summed E-state index contributed by atoms with van der Waals surface area (Å²) in [7, 11) is 0. The van der Waals surface area contributed by atoms with E-state index in [0.717, 1.165) is 6.42 Å². The average Bonchev–Trinajstić information content (AvgIpc) is 2.16. The van der Waals surface area contributed by atoms with Crippen LogP contribution in [0.15, 0.2) is 12.2 Å². The third kappa shape index (κ3) is 5.51. The maximum atomic E-state index is 11.2. The molecule has 0 amide bonds. The number of ether oxygens (including phenoxy) is 1. The van der Waals surface area contributed by atoms with E-state index in [2.05, 4.69) is 0 Å². The third-order valence-electron chi connectivity index (χ3n) is 1.89. The molecule has 0 spiro atoms. The molecule has 0 radical (unpaired) electrons. The van der Waals surface area contributed by atoms with Gasteiger partial charge in [-0.2, -0.15) is 0 Å². The van der Waals surface area contributed by atoms with Gasteiger partial charge in [-0.3, -0.25) is 9.59 Å². The highest BCUT2D eigenvalue weighted by atomic mass is 16.5. The highest BCUT2D eigenvalue weighted by Gasteiger charge is 2.18. The fourth-order valence-electron chi connectivity index (χ4n) is 0.803. The molecule has 0 rings (SSSR count). The summed E-state index contributed by atoms with van der Waals surface area (Å²) in [5, 5.41) is 0. The van der Waals surface area contributed by atoms with Gasteiger partial charge in [-0.05, 0) is 26.7 Å². The molecule has 3 heteroatoms. The van der Waals surface area contributed by atoms with Gasteiger partial charge in [0.1, 0.15) is 11.7 Å². The Labute approximate surface area is 85.1 Å². The van der Waals surface area contributed by atoms with Gasteiger partial charge < -0.3 is 4.74 Å². The first-order valence-corrected chi connectivity index (χ1v) is 4.91. The van der Waals surface area contributed by atoms with E-state index in [1.165, 1.54) is 6.92 Å². The number of carbonyl (C=O) groups excluding carboxylic acids is 2. The molecule has 14 heavy (non-hydrogen) atoms. The summed E-state index contributed by atoms with van der Waals surface area (Å²) in [5.41, 5.74) is 0. The Kier molecular flexibility index (Phi) is 6.72. The molecule has 0 fully saturated rings. The maximum absolute atomic E-state index is 11.2. The molecular weight excluding hydrogens is 180 g/mol. The summed E-state index contributed by atoms with van der Waals surface area (Å²) in [5.74, 6) is -1.22. The lowest BCUT2D eigenvalue weighted by Gasteiger charge is -2.06. The molecule has 0 aromatic heterocycles. The fourth-order valence-corrected chi connectivity index (χ4v) is 0.803. The quantitative estimate of drug-likeness (QED) is 0.284. The average molecular weight is 198 g/mol. The Morgan fingerprint density at radius 1 is 1.36 bits per heavy atom. The normalized spacial score (nSPS) is 12.8. The van der Waals surface area contributed by atoms with Gasteiger partial charge in [-0.25, -0.2) is 0 Å². The van der Waals surface area contributed by atoms with E-state index in [0.29, 0.717) is 13.0 Å². The van der Waals surface area contributed by atoms with Crippen molar-refractivity contribution in [1.82, 2.24) is 0 Å². The highest BCUT2D eigenvalue weighted by Crippen LogP contribution is 2.00. The second kappa shape index (κ2) is 7.30. The largest absolute Gasteiger partial charge is 0.465 e. The van der Waals surface area contributed by atoms with Crippen molar-refractivity contribution in [2.45, 2.75) is 33.6 Å². The molecule has 3 nitrogen and oxygen atoms in total. The highest BCUT2D eigenvalue weighted by molar-refractivity contribution is 5.97. The minimum Gasteiger partial charge on any atom is -0.465 e. The fraction of sp³-hybridized carbons (Fsp3) is 0.636. The van der Waals surface area contributed by atoms with E-state index < -0.39 is 11.9 Å². The van der Waals surface area contributed by atoms with Gasteiger partial charge in [0.05, 0.1) is 6.61 Å². The Bertz CT molecular complexity index is 219. The van der Waals surface area contributed by atoms with Gasteiger partial charge in [0.25, 0.3) is 0 Å². The zero-order valence-electron chi connectivity index (χ0n) is 9.08. The second-order valence-corrected chi connectivity index (χ2v) is 3.17. The van der Waals surface area contributed by atoms with Crippen molar-refractivity contribution >= 4 is 11.8 Å². The maximum Gasteiger partial charge on any atom is 0.316 e. The molecule has 0 saturated heterocycles. The summed E-state index contributed by atoms with van der Waals surface area (Å²) >= 11 is 0. The van der Waals surface area contributed by atoms with Crippen molar-refractivity contribution in [3.63, 3.8) is 0 Å². The van der Waals surface area contributed by atoms with Gasteiger partial charge >= 0.3 is 5.97 Å². The van der Waals surface area contributed by atoms with Gasteiger partial charge in [-0.15, -0.1) is 0 Å². The molecule has 0 bridgehead atoms. The molecule has 80 valence electrons. The molecule has 0 saturated carbocycles. The number of allylic oxidation sites excluding steroid dienone is 1. The Morgan fingerprint density at radius 3 is 2.50 bits per heavy atom. The molecular formula is C11H18O3. The Hall–Kier alpha value is -1.12. The molecule has 1 unspecified atom stereocenters. The van der Waals surface area contributed by atoms with Crippen LogP contribution in [0.3, 0.4) is 0 Å². The standard InChI is InChI=1S/C11H18O3/c1-4-5-6-7-8-14-11(13)9(2)10(3)12/h5-6,9H,4,7-8H2,1-3H3/b6-5-. The van der Waals surface area contributed by atoms with Crippen LogP contribution < -0.4 is 0 Å². The van der Waals surface area contributed by atoms with Crippen LogP contribution in [-0.2, 0) is 14.3 Å². The van der Waals surface area contributed by atoms with Crippen LogP contribution in [-0.4, -0.2) is 18.4 Å². The smallest absolute Gasteiger partial charge is 0.316 e. The van der Waals surface area contributed by atoms with Crippen LogP contribution in [0, 0.1) is 5.92 Å². The number of Topliss-reactive ketones (excluding diaryl/α,β-unsaturated/α-hetero) is 1. The Balaban J connectivity index is 3.64. The summed E-state index contributed by atoms with van der Waals surface area (Å²) in [6.07, 6.45) is 5.68. The lowest BCUT2D eigenvalue weighted by molar-refractivity contribution is -0.150. The number of carbonyl (C=O) groups is 2. The molecule has 0 aliphatic carbocycles. The zero-order chi connectivity index (χ0) is 11.0. The summed E-state index contributed by atoms with van der Waals surface area (Å²) in [6.45, 7) is 5.35.